The van der Waals surface area contributed by atoms with Crippen molar-refractivity contribution in [2.75, 3.05) is 27.2 Å². The number of thiazole rings is 1. The quantitative estimate of drug-likeness (QED) is 0.155. The van der Waals surface area contributed by atoms with E-state index in [1.165, 1.54) is 5.56 Å². The van der Waals surface area contributed by atoms with E-state index in [1.807, 2.05) is 45.3 Å². The molecule has 10 heteroatoms. The topological polar surface area (TPSA) is 104 Å². The second-order valence-electron chi connectivity index (χ2n) is 15.7. The highest BCUT2D eigenvalue weighted by molar-refractivity contribution is 7.09. The van der Waals surface area contributed by atoms with Gasteiger partial charge in [0.1, 0.15) is 11.0 Å². The molecule has 1 fully saturated rings. The highest BCUT2D eigenvalue weighted by atomic mass is 32.1. The van der Waals surface area contributed by atoms with Gasteiger partial charge in [-0.25, -0.2) is 4.98 Å². The predicted molar refractivity (Wildman–Crippen MR) is 204 cm³/mol. The number of likely N-dealkylation sites (N-methyl/N-ethyl adjacent to an activating group) is 1. The predicted octanol–water partition coefficient (Wildman–Crippen LogP) is 6.89. The smallest absolute Gasteiger partial charge is 0.245 e. The van der Waals surface area contributed by atoms with Crippen LogP contribution in [0, 0.1) is 23.7 Å². The van der Waals surface area contributed by atoms with Gasteiger partial charge in [0, 0.05) is 44.2 Å². The van der Waals surface area contributed by atoms with Gasteiger partial charge in [0.05, 0.1) is 24.6 Å². The largest absolute Gasteiger partial charge is 0.379 e. The van der Waals surface area contributed by atoms with E-state index in [2.05, 4.69) is 72.5 Å². The van der Waals surface area contributed by atoms with Crippen molar-refractivity contribution in [3.05, 3.63) is 52.5 Å². The van der Waals surface area contributed by atoms with E-state index in [0.717, 1.165) is 50.2 Å². The number of methoxy groups -OCH3 is 1. The lowest BCUT2D eigenvalue weighted by Crippen LogP contribution is -2.58. The average molecular weight is 712 g/mol. The first-order valence-corrected chi connectivity index (χ1v) is 19.6. The molecule has 0 radical (unpaired) electrons. The van der Waals surface area contributed by atoms with E-state index < -0.39 is 12.1 Å². The van der Waals surface area contributed by atoms with Crippen LogP contribution in [0.1, 0.15) is 111 Å². The Labute approximate surface area is 306 Å². The normalized spacial score (nSPS) is 20.0. The van der Waals surface area contributed by atoms with Crippen molar-refractivity contribution >= 4 is 29.1 Å². The van der Waals surface area contributed by atoms with E-state index in [-0.39, 0.29) is 59.5 Å². The van der Waals surface area contributed by atoms with Crippen LogP contribution in [0.15, 0.2) is 41.9 Å². The maximum Gasteiger partial charge on any atom is 0.245 e. The summed E-state index contributed by atoms with van der Waals surface area (Å²) in [4.78, 5) is 49.3. The summed E-state index contributed by atoms with van der Waals surface area (Å²) in [5, 5.41) is 9.92. The molecular formula is C40H65N5O4S. The number of carbonyl (C=O) groups is 3. The second kappa shape index (κ2) is 19.7. The van der Waals surface area contributed by atoms with Crippen LogP contribution in [-0.4, -0.2) is 83.5 Å². The van der Waals surface area contributed by atoms with Gasteiger partial charge in [-0.05, 0) is 68.4 Å². The van der Waals surface area contributed by atoms with Crippen LogP contribution in [-0.2, 0) is 25.5 Å². The summed E-state index contributed by atoms with van der Waals surface area (Å²) in [6.45, 7) is 18.1. The van der Waals surface area contributed by atoms with Gasteiger partial charge < -0.3 is 25.2 Å². The lowest BCUT2D eigenvalue weighted by Gasteiger charge is -2.42. The molecular weight excluding hydrogens is 647 g/mol. The molecule has 2 aromatic rings. The fourth-order valence-electron chi connectivity index (χ4n) is 7.68. The molecule has 9 nitrogen and oxygen atoms in total. The lowest BCUT2D eigenvalue weighted by molar-refractivity contribution is -0.147. The molecule has 0 unspecified atom stereocenters. The summed E-state index contributed by atoms with van der Waals surface area (Å²) in [7, 11) is 3.44. The molecule has 0 aliphatic carbocycles. The van der Waals surface area contributed by atoms with Crippen molar-refractivity contribution in [2.45, 2.75) is 130 Å². The first-order chi connectivity index (χ1) is 23.7. The van der Waals surface area contributed by atoms with Crippen molar-refractivity contribution in [3.8, 4) is 0 Å². The van der Waals surface area contributed by atoms with E-state index in [9.17, 15) is 14.4 Å². The molecule has 1 aliphatic rings. The Balaban J connectivity index is 1.70. The number of carbonyl (C=O) groups excluding carboxylic acids is 3. The molecule has 0 saturated carbocycles. The molecule has 1 aliphatic heterocycles. The Morgan fingerprint density at radius 1 is 1.08 bits per heavy atom. The average Bonchev–Trinajstić information content (AvgIpc) is 3.74. The number of aromatic nitrogens is 1. The van der Waals surface area contributed by atoms with Crippen molar-refractivity contribution in [2.24, 2.45) is 23.7 Å². The maximum absolute atomic E-state index is 14.2. The second-order valence-corrected chi connectivity index (χ2v) is 16.6. The van der Waals surface area contributed by atoms with Crippen molar-refractivity contribution in [1.29, 1.82) is 0 Å². The number of nitrogens with zero attached hydrogens (tertiary/aromatic N) is 3. The van der Waals surface area contributed by atoms with Gasteiger partial charge in [0.2, 0.25) is 17.7 Å². The standard InChI is InChI=1S/C40H65N5O4S/c1-11-30(7)37(44(9)39(48)36(28(4)5)43-34(46)22-27(2)3)33(49-10)24-35(47)45-20-15-18-40(45,8)25-29(6)26-42-32(38-41-19-21-50-38)23-31-16-13-12-14-17-31/h12-14,16-17,19,21,27-30,32-33,36-37,42H,11,15,18,20,22-26H2,1-10H3,(H,43,46)/t29-,30+,32+,33-,36+,37+,40+/m1/s1. The number of amides is 3. The Morgan fingerprint density at radius 2 is 1.78 bits per heavy atom. The van der Waals surface area contributed by atoms with Crippen LogP contribution >= 0.6 is 11.3 Å². The number of rotatable bonds is 20. The third-order valence-corrected chi connectivity index (χ3v) is 11.4. The van der Waals surface area contributed by atoms with Crippen LogP contribution in [0.5, 0.6) is 0 Å². The summed E-state index contributed by atoms with van der Waals surface area (Å²) >= 11 is 1.68. The fourth-order valence-corrected chi connectivity index (χ4v) is 8.39. The van der Waals surface area contributed by atoms with E-state index in [4.69, 9.17) is 4.74 Å². The molecule has 3 rings (SSSR count). The Morgan fingerprint density at radius 3 is 2.36 bits per heavy atom. The van der Waals surface area contributed by atoms with E-state index >= 15 is 0 Å². The van der Waals surface area contributed by atoms with Crippen LogP contribution in [0.4, 0.5) is 0 Å². The van der Waals surface area contributed by atoms with Crippen LogP contribution in [0.25, 0.3) is 0 Å². The number of benzene rings is 1. The summed E-state index contributed by atoms with van der Waals surface area (Å²) in [6.07, 6.45) is 6.46. The van der Waals surface area contributed by atoms with Gasteiger partial charge in [-0.1, -0.05) is 85.2 Å². The zero-order chi connectivity index (χ0) is 37.0. The molecule has 2 heterocycles. The molecule has 2 N–H and O–H groups in total. The summed E-state index contributed by atoms with van der Waals surface area (Å²) in [5.74, 6) is 0.334. The lowest BCUT2D eigenvalue weighted by atomic mass is 9.86. The molecule has 0 spiro atoms. The Kier molecular flexibility index (Phi) is 16.4. The monoisotopic (exact) mass is 711 g/mol. The first-order valence-electron chi connectivity index (χ1n) is 18.8. The third-order valence-electron chi connectivity index (χ3n) is 10.5. The fraction of sp³-hybridized carbons (Fsp3) is 0.700. The first kappa shape index (κ1) is 41.6. The number of hydrogen-bond donors (Lipinski definition) is 2. The molecule has 1 saturated heterocycles. The number of hydrogen-bond acceptors (Lipinski definition) is 7. The van der Waals surface area contributed by atoms with Crippen molar-refractivity contribution in [1.82, 2.24) is 25.4 Å². The van der Waals surface area contributed by atoms with E-state index in [0.29, 0.717) is 12.3 Å². The molecule has 50 heavy (non-hydrogen) atoms. The molecule has 280 valence electrons. The minimum absolute atomic E-state index is 0.0709. The van der Waals surface area contributed by atoms with E-state index in [1.54, 1.807) is 30.4 Å². The van der Waals surface area contributed by atoms with Gasteiger partial charge in [0.15, 0.2) is 0 Å². The van der Waals surface area contributed by atoms with Gasteiger partial charge >= 0.3 is 0 Å². The third kappa shape index (κ3) is 11.6. The molecule has 3 amide bonds. The maximum atomic E-state index is 14.2. The Hall–Kier alpha value is -2.82. The van der Waals surface area contributed by atoms with Crippen LogP contribution in [0.2, 0.25) is 0 Å². The Bertz CT molecular complexity index is 1320. The molecule has 0 bridgehead atoms. The minimum atomic E-state index is -0.647. The zero-order valence-corrected chi connectivity index (χ0v) is 33.2. The van der Waals surface area contributed by atoms with Gasteiger partial charge in [-0.3, -0.25) is 14.4 Å². The van der Waals surface area contributed by atoms with Crippen molar-refractivity contribution in [3.63, 3.8) is 0 Å². The number of nitrogens with one attached hydrogen (secondary N) is 2. The molecule has 1 aromatic heterocycles. The van der Waals surface area contributed by atoms with Crippen molar-refractivity contribution < 1.29 is 19.1 Å². The highest BCUT2D eigenvalue weighted by Crippen LogP contribution is 2.36. The summed E-state index contributed by atoms with van der Waals surface area (Å²) in [5.41, 5.74) is 1.02. The zero-order valence-electron chi connectivity index (χ0n) is 32.4. The number of ether oxygens (including phenoxy) is 1. The summed E-state index contributed by atoms with van der Waals surface area (Å²) < 4.78 is 6.07. The molecule has 7 atom stereocenters. The highest BCUT2D eigenvalue weighted by Gasteiger charge is 2.43. The summed E-state index contributed by atoms with van der Waals surface area (Å²) in [6, 6.07) is 9.69. The van der Waals surface area contributed by atoms with Crippen LogP contribution in [0.3, 0.4) is 0 Å². The SMILES string of the molecule is CC[C@H](C)[C@@H]([C@@H](CC(=O)N1CCC[C@@]1(C)C[C@@H](C)CN[C@@H](Cc1ccccc1)c1nccs1)OC)N(C)C(=O)[C@@H](NC(=O)CC(C)C)C(C)C. The van der Waals surface area contributed by atoms with Gasteiger partial charge in [-0.15, -0.1) is 11.3 Å². The van der Waals surface area contributed by atoms with Gasteiger partial charge in [0.25, 0.3) is 0 Å². The van der Waals surface area contributed by atoms with Crippen LogP contribution < -0.4 is 10.6 Å². The minimum Gasteiger partial charge on any atom is -0.379 e. The molecule has 1 aromatic carbocycles. The number of likely N-dealkylation sites (tertiary alicyclic amines) is 1. The van der Waals surface area contributed by atoms with Gasteiger partial charge in [-0.2, -0.15) is 0 Å².